The first-order valence-corrected chi connectivity index (χ1v) is 54.3. The van der Waals surface area contributed by atoms with E-state index in [1.807, 2.05) is 84.9 Å². The molecular weight excluding hydrogens is 1960 g/mol. The van der Waals surface area contributed by atoms with Crippen LogP contribution in [0, 0.1) is 11.8 Å². The lowest BCUT2D eigenvalue weighted by molar-refractivity contribution is -0.142. The fourth-order valence-corrected chi connectivity index (χ4v) is 23.6. The van der Waals surface area contributed by atoms with Crippen LogP contribution in [0.15, 0.2) is 172 Å². The Morgan fingerprint density at radius 3 is 0.774 bits per heavy atom. The Balaban J connectivity index is 0.000000131. The van der Waals surface area contributed by atoms with Crippen molar-refractivity contribution in [2.24, 2.45) is 103 Å². The fraction of sp³-hybridized carbons (Fsp3) is 0.604. The van der Waals surface area contributed by atoms with Crippen molar-refractivity contribution in [1.82, 2.24) is 49.0 Å². The summed E-state index contributed by atoms with van der Waals surface area (Å²) in [7, 11) is 1.74. The highest BCUT2D eigenvalue weighted by Gasteiger charge is 2.45. The van der Waals surface area contributed by atoms with E-state index in [0.717, 1.165) is 262 Å². The molecule has 792 valence electrons. The van der Waals surface area contributed by atoms with Crippen LogP contribution in [0.5, 0.6) is 0 Å². The van der Waals surface area contributed by atoms with Crippen LogP contribution in [-0.4, -0.2) is 355 Å². The van der Waals surface area contributed by atoms with E-state index in [0.29, 0.717) is 167 Å². The van der Waals surface area contributed by atoms with Crippen molar-refractivity contribution in [2.45, 2.75) is 253 Å². The van der Waals surface area contributed by atoms with E-state index in [-0.39, 0.29) is 18.2 Å². The molecule has 0 saturated carbocycles. The summed E-state index contributed by atoms with van der Waals surface area (Å²) in [6, 6.07) is 44.5. The summed E-state index contributed by atoms with van der Waals surface area (Å²) in [5.74, 6) is 8.37. The highest BCUT2D eigenvalue weighted by Crippen LogP contribution is 2.36. The van der Waals surface area contributed by atoms with Gasteiger partial charge in [0, 0.05) is 191 Å². The molecule has 10 fully saturated rings. The molecule has 10 atom stereocenters. The number of ether oxygens (including phenoxy) is 6. The summed E-state index contributed by atoms with van der Waals surface area (Å²) in [6.45, 7) is 26.7. The third-order valence-corrected chi connectivity index (χ3v) is 32.2. The quantitative estimate of drug-likeness (QED) is 0.0338. The van der Waals surface area contributed by atoms with Crippen LogP contribution in [0.3, 0.4) is 0 Å². The number of benzene rings is 5. The number of amides is 2. The molecule has 15 heterocycles. The Morgan fingerprint density at radius 2 is 0.548 bits per heavy atom. The number of morpholine rings is 5. The number of hydrogen-bond donors (Lipinski definition) is 7. The van der Waals surface area contributed by atoms with Crippen LogP contribution in [-0.2, 0) is 70.1 Å². The zero-order chi connectivity index (χ0) is 102. The Bertz CT molecular complexity index is 5280. The fourth-order valence-electron chi connectivity index (χ4n) is 22.9. The molecule has 146 heavy (non-hydrogen) atoms. The Morgan fingerprint density at radius 1 is 0.322 bits per heavy atom. The molecule has 0 spiro atoms. The van der Waals surface area contributed by atoms with Crippen molar-refractivity contribution in [3.8, 4) is 0 Å². The monoisotopic (exact) mass is 2100 g/mol. The lowest BCUT2D eigenvalue weighted by Gasteiger charge is -2.47. The van der Waals surface area contributed by atoms with Crippen molar-refractivity contribution in [2.75, 3.05) is 145 Å². The van der Waals surface area contributed by atoms with Gasteiger partial charge in [-0.25, -0.2) is 0 Å². The summed E-state index contributed by atoms with van der Waals surface area (Å²) >= 11 is 30.2. The molecule has 0 aliphatic carbocycles. The number of nitrogens with two attached hydrogens (primary N) is 7. The molecule has 2 amide bonds. The molecule has 14 N–H and O–H groups in total. The van der Waals surface area contributed by atoms with Gasteiger partial charge in [0.2, 0.25) is 11.8 Å². The normalized spacial score (nSPS) is 26.4. The minimum absolute atomic E-state index is 0.131. The van der Waals surface area contributed by atoms with E-state index >= 15 is 0 Å². The number of nitrogens with zero attached hydrogens (tertiary/aromatic N) is 20. The average Bonchev–Trinajstić information content (AvgIpc) is 1.10. The largest absolute Gasteiger partial charge is 0.385 e. The number of methoxy groups -OCH3 is 1. The minimum Gasteiger partial charge on any atom is -0.385 e. The van der Waals surface area contributed by atoms with E-state index < -0.39 is 24.0 Å². The summed E-state index contributed by atoms with van der Waals surface area (Å²) in [5.41, 5.74) is 46.3. The average molecular weight is 2110 g/mol. The van der Waals surface area contributed by atoms with Gasteiger partial charge in [0.05, 0.1) is 90.1 Å². The maximum Gasteiger partial charge on any atom is 0.247 e. The van der Waals surface area contributed by atoms with Crippen molar-refractivity contribution >= 4 is 128 Å². The lowest BCUT2D eigenvalue weighted by atomic mass is 9.94. The number of carbonyl (C=O) groups excluding carboxylic acids is 2. The van der Waals surface area contributed by atoms with Gasteiger partial charge in [-0.1, -0.05) is 146 Å². The number of hydrogen-bond acceptors (Lipinski definition) is 33. The molecule has 0 radical (unpaired) electrons. The molecule has 15 aliphatic heterocycles. The van der Waals surface area contributed by atoms with E-state index in [1.165, 1.54) is 27.8 Å². The smallest absolute Gasteiger partial charge is 0.247 e. The number of halogens is 5. The summed E-state index contributed by atoms with van der Waals surface area (Å²) < 4.78 is 35.6. The summed E-state index contributed by atoms with van der Waals surface area (Å²) in [4.78, 5) is 48.0. The third kappa shape index (κ3) is 30.8. The van der Waals surface area contributed by atoms with Gasteiger partial charge < -0.3 is 93.1 Å². The van der Waals surface area contributed by atoms with Crippen molar-refractivity contribution in [3.63, 3.8) is 0 Å². The SMILES string of the molecule is CC(C)C[C@H]1CN(C2CCN(C3=NN=C(N)C3)CC2)[C@@H](Cc2ccc(Cl)cc2)CO1.CC(C)[C@H]1CN(C2CCN(C3=NN=C(N)C3)CC2)[C@@H](Cc2ccc(Cl)cc2)CO1.COC[C@H]1CN(C2CCN(C3=NN=C(N)C3)CC2)[C@@H](Cc2ccc(Cl)cc2)CO1.NC(=O)[C@@H]1CN(C2CCN(C3=NN=C(N)C3)CC2)[C@@H](Cc2ccc(Cl)cc2)CO1.NC(=O)[C@H]1CN(C2CCN(C3=NN=C(N)C3)CC2)[C@@H](Cc2ccc(Cl)cc2)CO1. The number of amidine groups is 10. The highest BCUT2D eigenvalue weighted by molar-refractivity contribution is 6.31. The van der Waals surface area contributed by atoms with E-state index in [9.17, 15) is 9.59 Å². The summed E-state index contributed by atoms with van der Waals surface area (Å²) in [5, 5.41) is 44.8. The van der Waals surface area contributed by atoms with Gasteiger partial charge >= 0.3 is 0 Å². The standard InChI is InChI=1S/C23H34ClN5O.C22H32ClN5O.C21H30ClN5O2.2C20H27ClN6O2/c1-16(2)11-21-14-29(20(15-30-21)12-17-3-5-18(24)6-4-17)19-7-9-28(10-8-19)23-13-22(25)26-27-23;1-15(2)20-13-28(19(14-29-20)11-16-3-5-17(23)6-4-16)18-7-9-27(10-8-18)22-12-21(24)25-26-22;1-28-14-19-12-27(18(13-29-19)10-15-2-4-16(22)5-3-15)17-6-8-26(9-7-17)21-11-20(23)24-25-21;2*21-14-3-1-13(2-4-14)9-16-12-29-17(20(23)28)11-27(16)15-5-7-26(8-6-15)19-10-18(22)24-25-19/h3-6,16,19-21H,7-15H2,1-2H3,(H2,25,26);3-6,15,18-20H,7-14H2,1-2H3,(H2,24,25);2-5,17-19H,6-14H2,1H3,(H2,23,24);2*1-4,15-17H,5-12H2,(H2,22,24)(H2,23,28)/t20-,21-;19-,20+;18-,19+;16-,17+;16-,17-/m00000/s1. The highest BCUT2D eigenvalue weighted by atomic mass is 35.5. The molecule has 5 aromatic carbocycles. The molecule has 15 aliphatic rings. The van der Waals surface area contributed by atoms with Crippen LogP contribution in [0.25, 0.3) is 0 Å². The van der Waals surface area contributed by atoms with Gasteiger partial charge in [0.1, 0.15) is 70.6 Å². The maximum absolute atomic E-state index is 11.7. The molecule has 35 nitrogen and oxygen atoms in total. The molecule has 0 unspecified atom stereocenters. The molecule has 5 aromatic rings. The van der Waals surface area contributed by atoms with Gasteiger partial charge in [0.15, 0.2) is 0 Å². The Labute approximate surface area is 885 Å². The maximum atomic E-state index is 11.7. The van der Waals surface area contributed by atoms with Crippen molar-refractivity contribution < 1.29 is 38.0 Å². The zero-order valence-electron chi connectivity index (χ0n) is 85.2. The molecule has 10 saturated heterocycles. The second-order valence-electron chi connectivity index (χ2n) is 42.0. The first-order valence-electron chi connectivity index (χ1n) is 52.4. The number of rotatable bonds is 22. The van der Waals surface area contributed by atoms with Crippen LogP contribution in [0.2, 0.25) is 25.1 Å². The molecule has 0 bridgehead atoms. The van der Waals surface area contributed by atoms with E-state index in [1.54, 1.807) is 7.11 Å². The number of carbonyl (C=O) groups is 2. The minimum atomic E-state index is -0.554. The number of piperidine rings is 5. The molecule has 20 rings (SSSR count). The third-order valence-electron chi connectivity index (χ3n) is 30.9. The zero-order valence-corrected chi connectivity index (χ0v) is 89.0. The second kappa shape index (κ2) is 53.0. The van der Waals surface area contributed by atoms with Gasteiger partial charge in [-0.05, 0) is 203 Å². The number of primary amides is 2. The van der Waals surface area contributed by atoms with E-state index in [2.05, 4.69) is 164 Å². The van der Waals surface area contributed by atoms with Gasteiger partial charge in [0.25, 0.3) is 0 Å². The van der Waals surface area contributed by atoms with Crippen LogP contribution in [0.4, 0.5) is 0 Å². The molecule has 0 aromatic heterocycles. The molecular formula is C106H150Cl5N27O8. The topological polar surface area (TPSA) is 428 Å². The Hall–Kier alpha value is -9.25. The number of likely N-dealkylation sites (tertiary alicyclic amines) is 5. The summed E-state index contributed by atoms with van der Waals surface area (Å²) in [6.07, 6.45) is 19.5. The van der Waals surface area contributed by atoms with Crippen molar-refractivity contribution in [3.05, 3.63) is 174 Å². The van der Waals surface area contributed by atoms with Gasteiger partial charge in [-0.2, -0.15) is 0 Å². The predicted molar refractivity (Wildman–Crippen MR) is 583 cm³/mol. The lowest BCUT2D eigenvalue weighted by Crippen LogP contribution is -2.59. The van der Waals surface area contributed by atoms with Crippen molar-refractivity contribution in [1.29, 1.82) is 0 Å². The Kier molecular flexibility index (Phi) is 39.7. The second-order valence-corrected chi connectivity index (χ2v) is 44.2. The predicted octanol–water partition coefficient (Wildman–Crippen LogP) is 10.8. The van der Waals surface area contributed by atoms with E-state index in [4.69, 9.17) is 127 Å². The van der Waals surface area contributed by atoms with Crippen LogP contribution >= 0.6 is 58.0 Å². The first-order chi connectivity index (χ1) is 70.6. The first kappa shape index (κ1) is 109. The van der Waals surface area contributed by atoms with Crippen LogP contribution < -0.4 is 40.1 Å². The van der Waals surface area contributed by atoms with Gasteiger partial charge in [-0.3, -0.25) is 34.1 Å². The van der Waals surface area contributed by atoms with Crippen LogP contribution in [0.1, 0.15) is 158 Å². The molecule has 40 heteroatoms. The van der Waals surface area contributed by atoms with Gasteiger partial charge in [-0.15, -0.1) is 51.0 Å².